The van der Waals surface area contributed by atoms with Gasteiger partial charge in [-0.3, -0.25) is 0 Å². The molecule has 0 heterocycles. The van der Waals surface area contributed by atoms with Crippen molar-refractivity contribution in [2.75, 3.05) is 33.9 Å². The number of unbranched alkanes of at least 4 members (excludes halogenated alkanes) is 1. The highest BCUT2D eigenvalue weighted by molar-refractivity contribution is 5.79. The summed E-state index contributed by atoms with van der Waals surface area (Å²) in [5.74, 6) is 3.26. The first-order chi connectivity index (χ1) is 13.8. The Morgan fingerprint density at radius 2 is 1.75 bits per heavy atom. The molecule has 2 rings (SSSR count). The van der Waals surface area contributed by atoms with Gasteiger partial charge in [0, 0.05) is 24.7 Å². The average Bonchev–Trinajstić information content (AvgIpc) is 2.74. The van der Waals surface area contributed by atoms with Crippen molar-refractivity contribution in [2.45, 2.75) is 26.3 Å². The van der Waals surface area contributed by atoms with E-state index in [4.69, 9.17) is 14.2 Å². The summed E-state index contributed by atoms with van der Waals surface area (Å²) >= 11 is 0. The van der Waals surface area contributed by atoms with Crippen molar-refractivity contribution >= 4 is 5.96 Å². The fraction of sp³-hybridized carbons (Fsp3) is 0.409. The molecule has 0 atom stereocenters. The summed E-state index contributed by atoms with van der Waals surface area (Å²) in [7, 11) is 3.30. The van der Waals surface area contributed by atoms with E-state index in [2.05, 4.69) is 22.5 Å². The van der Waals surface area contributed by atoms with Gasteiger partial charge in [-0.1, -0.05) is 18.2 Å². The second kappa shape index (κ2) is 12.5. The summed E-state index contributed by atoms with van der Waals surface area (Å²) < 4.78 is 16.4. The van der Waals surface area contributed by atoms with Gasteiger partial charge in [-0.05, 0) is 44.0 Å². The van der Waals surface area contributed by atoms with Gasteiger partial charge in [0.15, 0.2) is 5.96 Å². The molecule has 2 N–H and O–H groups in total. The van der Waals surface area contributed by atoms with Crippen LogP contribution in [0.15, 0.2) is 53.5 Å². The number of methoxy groups -OCH3 is 2. The quantitative estimate of drug-likeness (QED) is 0.351. The third-order valence-electron chi connectivity index (χ3n) is 4.12. The van der Waals surface area contributed by atoms with Crippen LogP contribution in [0, 0.1) is 0 Å². The number of nitrogens with zero attached hydrogens (tertiary/aromatic N) is 1. The molecule has 0 aliphatic carbocycles. The molecule has 2 aromatic rings. The number of rotatable bonds is 11. The van der Waals surface area contributed by atoms with Crippen LogP contribution in [0.1, 0.15) is 25.3 Å². The Balaban J connectivity index is 1.77. The van der Waals surface area contributed by atoms with Gasteiger partial charge < -0.3 is 24.8 Å². The molecular formula is C22H31N3O3. The monoisotopic (exact) mass is 385 g/mol. The van der Waals surface area contributed by atoms with Crippen LogP contribution >= 0.6 is 0 Å². The van der Waals surface area contributed by atoms with Crippen molar-refractivity contribution in [3.8, 4) is 17.2 Å². The van der Waals surface area contributed by atoms with Gasteiger partial charge in [0.2, 0.25) is 0 Å². The lowest BCUT2D eigenvalue weighted by Crippen LogP contribution is -2.37. The number of nitrogens with one attached hydrogen (secondary N) is 2. The molecule has 0 saturated heterocycles. The molecule has 0 unspecified atom stereocenters. The van der Waals surface area contributed by atoms with Crippen LogP contribution in [0.3, 0.4) is 0 Å². The second-order valence-electron chi connectivity index (χ2n) is 6.17. The largest absolute Gasteiger partial charge is 0.497 e. The summed E-state index contributed by atoms with van der Waals surface area (Å²) in [5, 5.41) is 6.64. The summed E-state index contributed by atoms with van der Waals surface area (Å²) in [6, 6.07) is 15.7. The zero-order valence-electron chi connectivity index (χ0n) is 17.0. The van der Waals surface area contributed by atoms with Crippen LogP contribution < -0.4 is 24.8 Å². The SMILES string of the molecule is CCNC(=NCc1ccc(OC)cc1OC)NCCCCOc1ccccc1. The maximum Gasteiger partial charge on any atom is 0.191 e. The minimum atomic E-state index is 0.527. The molecule has 0 aliphatic heterocycles. The van der Waals surface area contributed by atoms with Crippen LogP contribution in [0.5, 0.6) is 17.2 Å². The van der Waals surface area contributed by atoms with E-state index in [0.717, 1.165) is 54.7 Å². The first-order valence-electron chi connectivity index (χ1n) is 9.67. The van der Waals surface area contributed by atoms with Crippen molar-refractivity contribution in [1.82, 2.24) is 10.6 Å². The molecule has 2 aromatic carbocycles. The topological polar surface area (TPSA) is 64.1 Å². The van der Waals surface area contributed by atoms with Crippen LogP contribution in [0.4, 0.5) is 0 Å². The van der Waals surface area contributed by atoms with E-state index in [1.807, 2.05) is 48.5 Å². The molecule has 0 radical (unpaired) electrons. The molecule has 0 spiro atoms. The third-order valence-corrected chi connectivity index (χ3v) is 4.12. The maximum atomic E-state index is 5.71. The highest BCUT2D eigenvalue weighted by Gasteiger charge is 2.05. The molecular weight excluding hydrogens is 354 g/mol. The van der Waals surface area contributed by atoms with Crippen LogP contribution in [0.25, 0.3) is 0 Å². The highest BCUT2D eigenvalue weighted by atomic mass is 16.5. The predicted octanol–water partition coefficient (Wildman–Crippen LogP) is 3.62. The second-order valence-corrected chi connectivity index (χ2v) is 6.17. The molecule has 0 aliphatic rings. The third kappa shape index (κ3) is 7.39. The Morgan fingerprint density at radius 1 is 0.929 bits per heavy atom. The van der Waals surface area contributed by atoms with Gasteiger partial charge in [0.05, 0.1) is 27.4 Å². The molecule has 28 heavy (non-hydrogen) atoms. The number of aliphatic imine (C=N–C) groups is 1. The van der Waals surface area contributed by atoms with Crippen LogP contribution in [-0.4, -0.2) is 39.9 Å². The van der Waals surface area contributed by atoms with Gasteiger partial charge >= 0.3 is 0 Å². The number of hydrogen-bond acceptors (Lipinski definition) is 4. The van der Waals surface area contributed by atoms with Crippen molar-refractivity contribution in [1.29, 1.82) is 0 Å². The van der Waals surface area contributed by atoms with Gasteiger partial charge in [0.25, 0.3) is 0 Å². The van der Waals surface area contributed by atoms with Gasteiger partial charge in [-0.2, -0.15) is 0 Å². The Kier molecular flexibility index (Phi) is 9.55. The Hall–Kier alpha value is -2.89. The highest BCUT2D eigenvalue weighted by Crippen LogP contribution is 2.25. The Labute approximate surface area is 167 Å². The predicted molar refractivity (Wildman–Crippen MR) is 114 cm³/mol. The van der Waals surface area contributed by atoms with E-state index in [-0.39, 0.29) is 0 Å². The summed E-state index contributed by atoms with van der Waals surface area (Å²) in [6.07, 6.45) is 1.98. The summed E-state index contributed by atoms with van der Waals surface area (Å²) in [6.45, 7) is 4.94. The van der Waals surface area contributed by atoms with Crippen molar-refractivity contribution in [2.24, 2.45) is 4.99 Å². The minimum Gasteiger partial charge on any atom is -0.497 e. The molecule has 0 bridgehead atoms. The van der Waals surface area contributed by atoms with E-state index in [1.54, 1.807) is 14.2 Å². The number of hydrogen-bond donors (Lipinski definition) is 2. The molecule has 0 saturated carbocycles. The lowest BCUT2D eigenvalue weighted by Gasteiger charge is -2.13. The fourth-order valence-corrected chi connectivity index (χ4v) is 2.63. The molecule has 0 aromatic heterocycles. The van der Waals surface area contributed by atoms with Gasteiger partial charge in [0.1, 0.15) is 17.2 Å². The number of para-hydroxylation sites is 1. The summed E-state index contributed by atoms with van der Waals surface area (Å²) in [4.78, 5) is 4.66. The molecule has 152 valence electrons. The van der Waals surface area contributed by atoms with Crippen LogP contribution in [-0.2, 0) is 6.54 Å². The molecule has 0 amide bonds. The lowest BCUT2D eigenvalue weighted by atomic mass is 10.2. The normalized spacial score (nSPS) is 11.0. The minimum absolute atomic E-state index is 0.527. The average molecular weight is 386 g/mol. The van der Waals surface area contributed by atoms with Crippen molar-refractivity contribution in [3.63, 3.8) is 0 Å². The standard InChI is InChI=1S/C22H31N3O3/c1-4-23-22(24-14-8-9-15-28-19-10-6-5-7-11-19)25-17-18-12-13-20(26-2)16-21(18)27-3/h5-7,10-13,16H,4,8-9,14-15,17H2,1-3H3,(H2,23,24,25). The summed E-state index contributed by atoms with van der Waals surface area (Å²) in [5.41, 5.74) is 1.01. The van der Waals surface area contributed by atoms with E-state index in [0.29, 0.717) is 13.2 Å². The van der Waals surface area contributed by atoms with Crippen molar-refractivity contribution in [3.05, 3.63) is 54.1 Å². The smallest absolute Gasteiger partial charge is 0.191 e. The Bertz CT molecular complexity index is 720. The van der Waals surface area contributed by atoms with E-state index in [1.165, 1.54) is 0 Å². The molecule has 0 fully saturated rings. The van der Waals surface area contributed by atoms with Gasteiger partial charge in [-0.15, -0.1) is 0 Å². The van der Waals surface area contributed by atoms with E-state index in [9.17, 15) is 0 Å². The Morgan fingerprint density at radius 3 is 2.46 bits per heavy atom. The van der Waals surface area contributed by atoms with Crippen LogP contribution in [0.2, 0.25) is 0 Å². The maximum absolute atomic E-state index is 5.71. The number of benzene rings is 2. The lowest BCUT2D eigenvalue weighted by molar-refractivity contribution is 0.307. The zero-order chi connectivity index (χ0) is 20.0. The number of guanidine groups is 1. The number of ether oxygens (including phenoxy) is 3. The van der Waals surface area contributed by atoms with E-state index >= 15 is 0 Å². The van der Waals surface area contributed by atoms with Gasteiger partial charge in [-0.25, -0.2) is 4.99 Å². The fourth-order valence-electron chi connectivity index (χ4n) is 2.63. The molecule has 6 heteroatoms. The zero-order valence-corrected chi connectivity index (χ0v) is 17.0. The first-order valence-corrected chi connectivity index (χ1v) is 9.67. The first kappa shape index (κ1) is 21.4. The van der Waals surface area contributed by atoms with Crippen molar-refractivity contribution < 1.29 is 14.2 Å². The van der Waals surface area contributed by atoms with E-state index < -0.39 is 0 Å². The molecule has 6 nitrogen and oxygen atoms in total.